The summed E-state index contributed by atoms with van der Waals surface area (Å²) >= 11 is 0. The molecule has 1 aliphatic rings. The van der Waals surface area contributed by atoms with Crippen molar-refractivity contribution in [3.63, 3.8) is 0 Å². The molecule has 0 radical (unpaired) electrons. The van der Waals surface area contributed by atoms with E-state index in [-0.39, 0.29) is 53.5 Å². The third-order valence-electron chi connectivity index (χ3n) is 6.92. The molecule has 0 aliphatic carbocycles. The van der Waals surface area contributed by atoms with Crippen molar-refractivity contribution in [1.82, 2.24) is 24.9 Å². The third kappa shape index (κ3) is 6.72. The average Bonchev–Trinajstić information content (AvgIpc) is 3.34. The van der Waals surface area contributed by atoms with Crippen LogP contribution in [0.2, 0.25) is 0 Å². The van der Waals surface area contributed by atoms with Crippen LogP contribution in [0, 0.1) is 18.6 Å². The number of methoxy groups -OCH3 is 1. The molecule has 2 N–H and O–H groups in total. The van der Waals surface area contributed by atoms with Crippen LogP contribution in [-0.4, -0.2) is 56.8 Å². The van der Waals surface area contributed by atoms with Gasteiger partial charge in [-0.05, 0) is 45.0 Å². The van der Waals surface area contributed by atoms with E-state index in [4.69, 9.17) is 15.6 Å². The number of anilines is 1. The Morgan fingerprint density at radius 3 is 2.65 bits per heavy atom. The highest BCUT2D eigenvalue weighted by molar-refractivity contribution is 5.97. The minimum absolute atomic E-state index is 0.00395. The summed E-state index contributed by atoms with van der Waals surface area (Å²) in [6.07, 6.45) is 2.10. The maximum atomic E-state index is 14.9. The second-order valence-electron chi connectivity index (χ2n) is 10.5. The van der Waals surface area contributed by atoms with E-state index in [1.165, 1.54) is 17.5 Å². The zero-order valence-electron chi connectivity index (χ0n) is 25.1. The first kappa shape index (κ1) is 28.5. The van der Waals surface area contributed by atoms with Gasteiger partial charge in [0.15, 0.2) is 23.0 Å². The number of ether oxygens (including phenoxy) is 3. The van der Waals surface area contributed by atoms with Crippen LogP contribution in [0.25, 0.3) is 16.9 Å². The summed E-state index contributed by atoms with van der Waals surface area (Å²) in [7, 11) is -0.494. The smallest absolute Gasteiger partial charge is 0.257 e. The molecule has 1 aliphatic heterocycles. The fraction of sp³-hybridized carbons (Fsp3) is 0.367. The number of fused-ring (bicyclic) bond motifs is 1. The van der Waals surface area contributed by atoms with Gasteiger partial charge in [-0.1, -0.05) is 0 Å². The first-order valence-electron chi connectivity index (χ1n) is 14.4. The second-order valence-corrected chi connectivity index (χ2v) is 10.5. The number of amides is 2. The Morgan fingerprint density at radius 1 is 1.16 bits per heavy atom. The van der Waals surface area contributed by atoms with Crippen molar-refractivity contribution in [2.45, 2.75) is 65.4 Å². The van der Waals surface area contributed by atoms with Crippen LogP contribution in [0.1, 0.15) is 56.6 Å². The van der Waals surface area contributed by atoms with Gasteiger partial charge >= 0.3 is 0 Å². The predicted molar refractivity (Wildman–Crippen MR) is 153 cm³/mol. The molecule has 226 valence electrons. The van der Waals surface area contributed by atoms with Crippen molar-refractivity contribution < 1.29 is 34.0 Å². The summed E-state index contributed by atoms with van der Waals surface area (Å²) in [4.78, 5) is 33.6. The molecule has 13 heteroatoms. The van der Waals surface area contributed by atoms with E-state index in [9.17, 15) is 18.4 Å². The molecule has 1 fully saturated rings. The van der Waals surface area contributed by atoms with Crippen LogP contribution < -0.4 is 20.1 Å². The van der Waals surface area contributed by atoms with Crippen molar-refractivity contribution in [3.05, 3.63) is 65.0 Å². The summed E-state index contributed by atoms with van der Waals surface area (Å²) in [5, 5.41) is 9.83. The lowest BCUT2D eigenvalue weighted by molar-refractivity contribution is -0.114. The zero-order chi connectivity index (χ0) is 31.5. The molecule has 2 atom stereocenters. The molecule has 43 heavy (non-hydrogen) atoms. The molecule has 4 heterocycles. The topological polar surface area (TPSA) is 129 Å². The van der Waals surface area contributed by atoms with Crippen LogP contribution in [0.5, 0.6) is 11.6 Å². The maximum Gasteiger partial charge on any atom is 0.257 e. The highest BCUT2D eigenvalue weighted by Gasteiger charge is 2.28. The number of hydrogen-bond donors (Lipinski definition) is 2. The number of imidazole rings is 1. The van der Waals surface area contributed by atoms with Crippen molar-refractivity contribution in [2.24, 2.45) is 0 Å². The van der Waals surface area contributed by atoms with Gasteiger partial charge in [-0.2, -0.15) is 5.10 Å². The highest BCUT2D eigenvalue weighted by atomic mass is 19.1. The van der Waals surface area contributed by atoms with E-state index >= 15 is 0 Å². The predicted octanol–water partition coefficient (Wildman–Crippen LogP) is 4.61. The van der Waals surface area contributed by atoms with E-state index in [2.05, 4.69) is 25.7 Å². The summed E-state index contributed by atoms with van der Waals surface area (Å²) in [6.45, 7) is 6.62. The molecule has 2 amide bonds. The van der Waals surface area contributed by atoms with E-state index < -0.39 is 24.6 Å². The van der Waals surface area contributed by atoms with Crippen molar-refractivity contribution in [2.75, 3.05) is 12.4 Å². The zero-order valence-corrected chi connectivity index (χ0v) is 24.1. The summed E-state index contributed by atoms with van der Waals surface area (Å²) in [5.41, 5.74) is 2.02. The fourth-order valence-electron chi connectivity index (χ4n) is 5.14. The molecule has 0 spiro atoms. The molecule has 0 bridgehead atoms. The standard InChI is InChI=1S/C30H32F2N6O5/c1-15-8-21(9-16(2)42-15)43-28-19(10-20(31)11-24(28)32)13-33-29(40)23-12-22(17(3)34-30(23)41-5)25-6-7-27-36-26(35-18(4)39)14-38(27)37-25/h6-7,10-12,14-16,21H,8-9,13H2,1-5H3,(H,33,40)(H,35,39)/i5D. The SMILES string of the molecule is [2H]COc1nc(C)c(-c2ccc3nc(NC(C)=O)cn3n2)cc1C(=O)NCc1cc(F)cc(F)c1OC1CC(C)OC(C)C1. The molecule has 3 aromatic heterocycles. The van der Waals surface area contributed by atoms with Gasteiger partial charge in [-0.3, -0.25) is 9.59 Å². The van der Waals surface area contributed by atoms with Crippen LogP contribution >= 0.6 is 0 Å². The Hall–Kier alpha value is -4.65. The largest absolute Gasteiger partial charge is 0.487 e. The van der Waals surface area contributed by atoms with Crippen LogP contribution in [0.3, 0.4) is 0 Å². The lowest BCUT2D eigenvalue weighted by atomic mass is 10.0. The number of nitrogens with one attached hydrogen (secondary N) is 2. The Bertz CT molecular complexity index is 1710. The number of halogens is 2. The maximum absolute atomic E-state index is 14.9. The Morgan fingerprint density at radius 2 is 1.93 bits per heavy atom. The normalized spacial score (nSPS) is 18.7. The summed E-state index contributed by atoms with van der Waals surface area (Å²) < 4.78 is 55.3. The number of pyridine rings is 1. The molecule has 11 nitrogen and oxygen atoms in total. The third-order valence-corrected chi connectivity index (χ3v) is 6.92. The fourth-order valence-corrected chi connectivity index (χ4v) is 5.14. The van der Waals surface area contributed by atoms with Crippen LogP contribution in [0.15, 0.2) is 36.5 Å². The van der Waals surface area contributed by atoms with E-state index in [0.717, 1.165) is 12.1 Å². The number of aromatic nitrogens is 4. The molecule has 2 unspecified atom stereocenters. The van der Waals surface area contributed by atoms with Gasteiger partial charge in [-0.25, -0.2) is 23.3 Å². The van der Waals surface area contributed by atoms with Gasteiger partial charge in [0.2, 0.25) is 11.8 Å². The van der Waals surface area contributed by atoms with Gasteiger partial charge in [0, 0.05) is 43.5 Å². The summed E-state index contributed by atoms with van der Waals surface area (Å²) in [6, 6.07) is 6.77. The monoisotopic (exact) mass is 595 g/mol. The van der Waals surface area contributed by atoms with E-state index in [1.807, 2.05) is 13.8 Å². The molecular weight excluding hydrogens is 562 g/mol. The van der Waals surface area contributed by atoms with Gasteiger partial charge in [0.25, 0.3) is 5.91 Å². The average molecular weight is 596 g/mol. The first-order valence-corrected chi connectivity index (χ1v) is 13.7. The van der Waals surface area contributed by atoms with Crippen LogP contribution in [-0.2, 0) is 16.1 Å². The van der Waals surface area contributed by atoms with E-state index in [0.29, 0.717) is 41.3 Å². The number of carbonyl (C=O) groups is 2. The van der Waals surface area contributed by atoms with Crippen molar-refractivity contribution >= 4 is 23.3 Å². The Kier molecular flexibility index (Phi) is 8.14. The molecule has 5 rings (SSSR count). The van der Waals surface area contributed by atoms with E-state index in [1.54, 1.807) is 25.3 Å². The van der Waals surface area contributed by atoms with Gasteiger partial charge < -0.3 is 24.8 Å². The highest BCUT2D eigenvalue weighted by Crippen LogP contribution is 2.31. The van der Waals surface area contributed by atoms with Crippen molar-refractivity contribution in [1.29, 1.82) is 0 Å². The molecule has 0 saturated carbocycles. The number of rotatable bonds is 8. The van der Waals surface area contributed by atoms with Crippen LogP contribution in [0.4, 0.5) is 14.6 Å². The molecule has 4 aromatic rings. The molecule has 1 aromatic carbocycles. The number of nitrogens with zero attached hydrogens (tertiary/aromatic N) is 4. The number of carbonyl (C=O) groups excluding carboxylic acids is 2. The van der Waals surface area contributed by atoms with Gasteiger partial charge in [-0.15, -0.1) is 0 Å². The minimum atomic E-state index is -0.874. The summed E-state index contributed by atoms with van der Waals surface area (Å²) in [5.74, 6) is -2.50. The van der Waals surface area contributed by atoms with Gasteiger partial charge in [0.1, 0.15) is 17.5 Å². The lowest BCUT2D eigenvalue weighted by Gasteiger charge is -2.32. The second kappa shape index (κ2) is 12.3. The Labute approximate surface area is 248 Å². The van der Waals surface area contributed by atoms with Crippen molar-refractivity contribution in [3.8, 4) is 22.9 Å². The quantitative estimate of drug-likeness (QED) is 0.302. The number of aryl methyl sites for hydroxylation is 1. The minimum Gasteiger partial charge on any atom is -0.487 e. The van der Waals surface area contributed by atoms with Gasteiger partial charge in [0.05, 0.1) is 38.2 Å². The number of benzene rings is 1. The Balaban J connectivity index is 1.42. The molecular formula is C30H32F2N6O5. The number of hydrogen-bond acceptors (Lipinski definition) is 8. The lowest BCUT2D eigenvalue weighted by Crippen LogP contribution is -2.36. The molecule has 1 saturated heterocycles. The first-order chi connectivity index (χ1) is 21.0.